The maximum atomic E-state index is 16.1. The number of aromatic amines is 3. The summed E-state index contributed by atoms with van der Waals surface area (Å²) in [5, 5.41) is -1.33. The molecular weight excluding hydrogens is 942 g/mol. The molecule has 8 aromatic rings. The highest BCUT2D eigenvalue weighted by atomic mass is 19.2. The number of benzene rings is 5. The van der Waals surface area contributed by atoms with Gasteiger partial charge < -0.3 is 15.0 Å². The first-order valence-corrected chi connectivity index (χ1v) is 20.0. The van der Waals surface area contributed by atoms with Crippen molar-refractivity contribution >= 4 is 22.4 Å². The van der Waals surface area contributed by atoms with E-state index in [2.05, 4.69) is 19.9 Å². The van der Waals surface area contributed by atoms with Gasteiger partial charge in [-0.15, -0.1) is 0 Å². The minimum absolute atomic E-state index is 0.0251. The van der Waals surface area contributed by atoms with Gasteiger partial charge in [0.25, 0.3) is 0 Å². The Hall–Kier alpha value is -8.22. The Bertz CT molecular complexity index is 3610. The summed E-state index contributed by atoms with van der Waals surface area (Å²) in [5.41, 5.74) is -10.8. The van der Waals surface area contributed by atoms with Gasteiger partial charge in [-0.25, -0.2) is 70.8 Å². The van der Waals surface area contributed by atoms with Crippen molar-refractivity contribution in [3.05, 3.63) is 263 Å². The number of hydrogen-bond acceptors (Lipinski definition) is 1. The Balaban J connectivity index is 1.46. The lowest BCUT2D eigenvalue weighted by atomic mass is 9.69. The number of aromatic nitrogens is 3. The van der Waals surface area contributed by atoms with Crippen LogP contribution in [0, 0.1) is 87.3 Å². The molecule has 346 valence electrons. The molecule has 0 fully saturated rings. The monoisotopic (exact) mass is 962 g/mol. The molecule has 5 aromatic carbocycles. The molecule has 0 aliphatic carbocycles. The van der Waals surface area contributed by atoms with Crippen LogP contribution in [0.3, 0.4) is 0 Å². The molecule has 0 radical (unpaired) electrons. The summed E-state index contributed by atoms with van der Waals surface area (Å²) in [5.74, 6) is -36.6. The third kappa shape index (κ3) is 6.46. The summed E-state index contributed by atoms with van der Waals surface area (Å²) in [4.78, 5) is 12.7. The summed E-state index contributed by atoms with van der Waals surface area (Å²) >= 11 is 0. The largest absolute Gasteiger partial charge is 0.363 e. The fourth-order valence-electron chi connectivity index (χ4n) is 8.86. The molecule has 3 N–H and O–H groups in total. The number of aliphatic imine (C=N–C) groups is 1. The zero-order valence-electron chi connectivity index (χ0n) is 34.0. The molecule has 69 heavy (non-hydrogen) atoms. The first-order valence-electron chi connectivity index (χ1n) is 20.0. The van der Waals surface area contributed by atoms with Gasteiger partial charge in [-0.1, -0.05) is 60.7 Å². The van der Waals surface area contributed by atoms with Gasteiger partial charge in [-0.05, 0) is 53.6 Å². The van der Waals surface area contributed by atoms with E-state index in [0.29, 0.717) is 11.1 Å². The number of allylic oxidation sites excluding steroid dienone is 2. The average molecular weight is 963 g/mol. The highest BCUT2D eigenvalue weighted by molar-refractivity contribution is 6.30. The van der Waals surface area contributed by atoms with Crippen LogP contribution in [-0.4, -0.2) is 20.7 Å². The Kier molecular flexibility index (Phi) is 10.5. The van der Waals surface area contributed by atoms with Gasteiger partial charge in [0.2, 0.25) is 17.5 Å². The molecule has 0 spiro atoms. The topological polar surface area (TPSA) is 59.7 Å². The molecular formula is C50H21F15N4. The van der Waals surface area contributed by atoms with Crippen LogP contribution >= 0.6 is 0 Å². The van der Waals surface area contributed by atoms with Crippen LogP contribution in [0.2, 0.25) is 0 Å². The van der Waals surface area contributed by atoms with Gasteiger partial charge in [0.1, 0.15) is 5.41 Å². The molecule has 0 unspecified atom stereocenters. The van der Waals surface area contributed by atoms with E-state index in [4.69, 9.17) is 0 Å². The highest BCUT2D eigenvalue weighted by Gasteiger charge is 2.43. The van der Waals surface area contributed by atoms with Crippen molar-refractivity contribution in [2.75, 3.05) is 0 Å². The minimum Gasteiger partial charge on any atom is -0.363 e. The fourth-order valence-corrected chi connectivity index (χ4v) is 8.86. The van der Waals surface area contributed by atoms with E-state index in [1.54, 1.807) is 60.7 Å². The predicted molar refractivity (Wildman–Crippen MR) is 219 cm³/mol. The first-order chi connectivity index (χ1) is 33.0. The summed E-state index contributed by atoms with van der Waals surface area (Å²) in [6, 6.07) is 21.7. The third-order valence-corrected chi connectivity index (χ3v) is 11.9. The second kappa shape index (κ2) is 16.2. The number of nitrogens with one attached hydrogen (secondary N) is 3. The Morgan fingerprint density at radius 1 is 0.377 bits per heavy atom. The number of halogens is 15. The smallest absolute Gasteiger partial charge is 0.200 e. The summed E-state index contributed by atoms with van der Waals surface area (Å²) in [7, 11) is 0. The number of hydrogen-bond donors (Lipinski definition) is 3. The van der Waals surface area contributed by atoms with E-state index in [9.17, 15) is 13.2 Å². The predicted octanol–water partition coefficient (Wildman–Crippen LogP) is 11.4. The first kappa shape index (κ1) is 44.6. The Morgan fingerprint density at radius 2 is 0.797 bits per heavy atom. The normalized spacial score (nSPS) is 16.9. The molecule has 0 saturated heterocycles. The average Bonchev–Trinajstić information content (AvgIpc) is 4.22. The second-order valence-corrected chi connectivity index (χ2v) is 15.5. The lowest BCUT2D eigenvalue weighted by molar-refractivity contribution is 0.376. The van der Waals surface area contributed by atoms with Crippen molar-refractivity contribution < 1.29 is 65.9 Å². The van der Waals surface area contributed by atoms with Crippen molar-refractivity contribution in [2.45, 2.75) is 5.41 Å². The zero-order valence-corrected chi connectivity index (χ0v) is 34.0. The third-order valence-electron chi connectivity index (χ3n) is 11.9. The summed E-state index contributed by atoms with van der Waals surface area (Å²) < 4.78 is 231. The molecule has 0 saturated carbocycles. The van der Waals surface area contributed by atoms with E-state index >= 15 is 52.7 Å². The number of H-pyrrole nitrogens is 3. The lowest BCUT2D eigenvalue weighted by Crippen LogP contribution is -2.32. The Morgan fingerprint density at radius 3 is 1.28 bits per heavy atom. The van der Waals surface area contributed by atoms with Gasteiger partial charge in [-0.3, -0.25) is 0 Å². The van der Waals surface area contributed by atoms with Crippen molar-refractivity contribution in [1.82, 2.24) is 15.0 Å². The van der Waals surface area contributed by atoms with Crippen molar-refractivity contribution in [2.24, 2.45) is 4.99 Å². The minimum atomic E-state index is -2.61. The highest BCUT2D eigenvalue weighted by Crippen LogP contribution is 2.47. The van der Waals surface area contributed by atoms with E-state index in [-0.39, 0.29) is 17.0 Å². The zero-order chi connectivity index (χ0) is 49.0. The molecule has 8 bridgehead atoms. The SMILES string of the molecule is Fc1c(F)c(F)c(/C2=c3\cc/c([nH]3)=C(\c3c(F)c(F)c(F)c(F)c3F)c3ccc([nH]3)C(c3ccccc3)(c3ccccc3)c3cc(c[nH]3)/C(c3c(F)c(F)c(F)c(F)c3F)=C3/C=CC2=N3)c(F)c1F. The number of nitrogens with zero attached hydrogens (tertiary/aromatic N) is 1. The van der Waals surface area contributed by atoms with E-state index in [1.807, 2.05) is 0 Å². The molecule has 19 heteroatoms. The lowest BCUT2D eigenvalue weighted by Gasteiger charge is -2.34. The van der Waals surface area contributed by atoms with Gasteiger partial charge in [0, 0.05) is 56.3 Å². The van der Waals surface area contributed by atoms with E-state index in [1.165, 1.54) is 12.1 Å². The maximum Gasteiger partial charge on any atom is 0.200 e. The standard InChI is InChI=1S/C50H21F15N4/c51-35-32(36(52)42(58)47(63)41(35)57)29-19-17-28(66-18-19)50(20-7-3-1-4-8-20,21-9-5-2-6-10-21)27-16-15-26(69-27)31(34-39(55)45(61)49(65)46(62)40(34)56)25-14-13-24(68-25)30(23-12-11-22(29)67-23)33-37(53)43(59)48(64)44(60)38(33)54/h1-18,66,68-69H/b29-22+,30-24+,31-25+. The van der Waals surface area contributed by atoms with Crippen LogP contribution in [0.5, 0.6) is 0 Å². The van der Waals surface area contributed by atoms with Gasteiger partial charge in [0.05, 0.1) is 28.1 Å². The van der Waals surface area contributed by atoms with Crippen molar-refractivity contribution in [1.29, 1.82) is 0 Å². The van der Waals surface area contributed by atoms with E-state index < -0.39 is 154 Å². The Labute approximate surface area is 376 Å². The molecule has 2 aliphatic heterocycles. The maximum absolute atomic E-state index is 16.1. The van der Waals surface area contributed by atoms with Crippen LogP contribution in [0.15, 0.2) is 120 Å². The summed E-state index contributed by atoms with van der Waals surface area (Å²) in [6.45, 7) is 0. The van der Waals surface area contributed by atoms with Crippen LogP contribution < -0.4 is 10.7 Å². The van der Waals surface area contributed by atoms with Crippen LogP contribution in [0.25, 0.3) is 16.7 Å². The number of fused-ring (bicyclic) bond motifs is 7. The molecule has 0 amide bonds. The van der Waals surface area contributed by atoms with Crippen LogP contribution in [0.4, 0.5) is 65.9 Å². The summed E-state index contributed by atoms with van der Waals surface area (Å²) in [6.07, 6.45) is 2.77. The number of rotatable bonds is 5. The van der Waals surface area contributed by atoms with Crippen LogP contribution in [-0.2, 0) is 5.41 Å². The molecule has 0 atom stereocenters. The van der Waals surface area contributed by atoms with Crippen molar-refractivity contribution in [3.63, 3.8) is 0 Å². The van der Waals surface area contributed by atoms with Gasteiger partial charge in [-0.2, -0.15) is 0 Å². The molecule has 4 nitrogen and oxygen atoms in total. The van der Waals surface area contributed by atoms with Gasteiger partial charge in [0.15, 0.2) is 69.8 Å². The van der Waals surface area contributed by atoms with Crippen LogP contribution in [0.1, 0.15) is 50.5 Å². The quantitative estimate of drug-likeness (QED) is 0.0875. The van der Waals surface area contributed by atoms with Crippen molar-refractivity contribution in [3.8, 4) is 0 Å². The molecule has 10 rings (SSSR count). The van der Waals surface area contributed by atoms with Gasteiger partial charge >= 0.3 is 0 Å². The molecule has 3 aromatic heterocycles. The molecule has 5 heterocycles. The molecule has 2 aliphatic rings. The fraction of sp³-hybridized carbons (Fsp3) is 0.0200. The second-order valence-electron chi connectivity index (χ2n) is 15.5. The van der Waals surface area contributed by atoms with E-state index in [0.717, 1.165) is 36.5 Å².